The molecule has 0 bridgehead atoms. The fourth-order valence-corrected chi connectivity index (χ4v) is 2.09. The number of esters is 1. The maximum Gasteiger partial charge on any atom is 0.343 e. The molecule has 1 aromatic rings. The second-order valence-corrected chi connectivity index (χ2v) is 4.84. The molecule has 5 heteroatoms. The number of pyridine rings is 1. The molecule has 1 heterocycles. The molecule has 0 radical (unpaired) electrons. The quantitative estimate of drug-likeness (QED) is 0.807. The van der Waals surface area contributed by atoms with Crippen molar-refractivity contribution >= 4 is 21.9 Å². The largest absolute Gasteiger partial charge is 0.462 e. The van der Waals surface area contributed by atoms with E-state index in [2.05, 4.69) is 15.9 Å². The molecular formula is C12H16BrNO3. The lowest BCUT2D eigenvalue weighted by atomic mass is 10.2. The second-order valence-electron chi connectivity index (χ2n) is 3.98. The molecule has 0 atom stereocenters. The number of hydrogen-bond donors (Lipinski definition) is 0. The van der Waals surface area contributed by atoms with Crippen molar-refractivity contribution in [2.75, 3.05) is 6.61 Å². The molecule has 0 N–H and O–H groups in total. The summed E-state index contributed by atoms with van der Waals surface area (Å²) in [7, 11) is 0. The lowest BCUT2D eigenvalue weighted by Gasteiger charge is -2.16. The van der Waals surface area contributed by atoms with Gasteiger partial charge < -0.3 is 9.30 Å². The van der Waals surface area contributed by atoms with Gasteiger partial charge in [-0.3, -0.25) is 4.79 Å². The van der Waals surface area contributed by atoms with Crippen LogP contribution in [0.15, 0.2) is 15.3 Å². The van der Waals surface area contributed by atoms with Crippen LogP contribution >= 0.6 is 15.9 Å². The zero-order valence-electron chi connectivity index (χ0n) is 10.4. The number of hydrogen-bond acceptors (Lipinski definition) is 3. The van der Waals surface area contributed by atoms with Gasteiger partial charge in [-0.1, -0.05) is 0 Å². The summed E-state index contributed by atoms with van der Waals surface area (Å²) >= 11 is 3.35. The summed E-state index contributed by atoms with van der Waals surface area (Å²) in [6.07, 6.45) is 0. The summed E-state index contributed by atoms with van der Waals surface area (Å²) < 4.78 is 7.18. The average Bonchev–Trinajstić information content (AvgIpc) is 2.23. The minimum Gasteiger partial charge on any atom is -0.462 e. The average molecular weight is 302 g/mol. The minimum absolute atomic E-state index is 0.00632. The molecule has 0 fully saturated rings. The van der Waals surface area contributed by atoms with Crippen LogP contribution in [0.4, 0.5) is 0 Å². The SMILES string of the molecule is CCOC(=O)c1cc(Br)c(C)n(C(C)C)c1=O. The highest BCUT2D eigenvalue weighted by Crippen LogP contribution is 2.18. The highest BCUT2D eigenvalue weighted by molar-refractivity contribution is 9.10. The first kappa shape index (κ1) is 14.0. The van der Waals surface area contributed by atoms with Crippen molar-refractivity contribution < 1.29 is 9.53 Å². The Bertz CT molecular complexity index is 491. The van der Waals surface area contributed by atoms with E-state index >= 15 is 0 Å². The van der Waals surface area contributed by atoms with Crippen LogP contribution < -0.4 is 5.56 Å². The molecule has 94 valence electrons. The Morgan fingerprint density at radius 3 is 2.59 bits per heavy atom. The molecule has 17 heavy (non-hydrogen) atoms. The summed E-state index contributed by atoms with van der Waals surface area (Å²) in [6, 6.07) is 1.52. The van der Waals surface area contributed by atoms with Gasteiger partial charge in [0.25, 0.3) is 5.56 Å². The molecule has 1 rings (SSSR count). The summed E-state index contributed by atoms with van der Waals surface area (Å²) in [5.74, 6) is -0.576. The van der Waals surface area contributed by atoms with Crippen LogP contribution in [0.1, 0.15) is 42.9 Å². The fraction of sp³-hybridized carbons (Fsp3) is 0.500. The molecule has 1 aromatic heterocycles. The van der Waals surface area contributed by atoms with Crippen molar-refractivity contribution in [1.29, 1.82) is 0 Å². The first-order valence-electron chi connectivity index (χ1n) is 5.48. The monoisotopic (exact) mass is 301 g/mol. The molecule has 0 saturated heterocycles. The molecule has 0 aliphatic heterocycles. The van der Waals surface area contributed by atoms with Gasteiger partial charge in [-0.05, 0) is 49.7 Å². The molecule has 0 aromatic carbocycles. The first-order chi connectivity index (χ1) is 7.90. The summed E-state index contributed by atoms with van der Waals surface area (Å²) in [5, 5.41) is 0. The molecule has 0 aliphatic carbocycles. The van der Waals surface area contributed by atoms with Gasteiger partial charge in [-0.15, -0.1) is 0 Å². The minimum atomic E-state index is -0.576. The Morgan fingerprint density at radius 1 is 1.53 bits per heavy atom. The van der Waals surface area contributed by atoms with Crippen LogP contribution in [0.2, 0.25) is 0 Å². The fourth-order valence-electron chi connectivity index (χ4n) is 1.67. The van der Waals surface area contributed by atoms with Gasteiger partial charge in [0.15, 0.2) is 0 Å². The summed E-state index contributed by atoms with van der Waals surface area (Å²) in [5.41, 5.74) is 0.565. The Labute approximate surface area is 109 Å². The lowest BCUT2D eigenvalue weighted by Crippen LogP contribution is -2.30. The highest BCUT2D eigenvalue weighted by atomic mass is 79.9. The van der Waals surface area contributed by atoms with Crippen LogP contribution in [0.5, 0.6) is 0 Å². The Hall–Kier alpha value is -1.10. The maximum absolute atomic E-state index is 12.1. The number of rotatable bonds is 3. The zero-order valence-corrected chi connectivity index (χ0v) is 12.0. The van der Waals surface area contributed by atoms with Gasteiger partial charge in [0.1, 0.15) is 5.56 Å². The molecular weight excluding hydrogens is 286 g/mol. The highest BCUT2D eigenvalue weighted by Gasteiger charge is 2.18. The normalized spacial score (nSPS) is 10.7. The van der Waals surface area contributed by atoms with Gasteiger partial charge in [0, 0.05) is 16.2 Å². The molecule has 0 spiro atoms. The van der Waals surface area contributed by atoms with Crippen molar-refractivity contribution in [2.24, 2.45) is 0 Å². The van der Waals surface area contributed by atoms with Crippen LogP contribution in [0.25, 0.3) is 0 Å². The number of carbonyl (C=O) groups is 1. The molecule has 0 amide bonds. The van der Waals surface area contributed by atoms with E-state index in [9.17, 15) is 9.59 Å². The standard InChI is InChI=1S/C12H16BrNO3/c1-5-17-12(16)9-6-10(13)8(4)14(7(2)3)11(9)15/h6-7H,5H2,1-4H3. The Morgan fingerprint density at radius 2 is 2.12 bits per heavy atom. The van der Waals surface area contributed by atoms with Gasteiger partial charge >= 0.3 is 5.97 Å². The van der Waals surface area contributed by atoms with E-state index < -0.39 is 5.97 Å². The molecule has 4 nitrogen and oxygen atoms in total. The third kappa shape index (κ3) is 2.77. The molecule has 0 aliphatic rings. The Balaban J connectivity index is 3.45. The van der Waals surface area contributed by atoms with Gasteiger partial charge in [-0.25, -0.2) is 4.79 Å². The second kappa shape index (κ2) is 5.49. The van der Waals surface area contributed by atoms with E-state index in [-0.39, 0.29) is 23.8 Å². The number of nitrogens with zero attached hydrogens (tertiary/aromatic N) is 1. The van der Waals surface area contributed by atoms with E-state index in [1.807, 2.05) is 20.8 Å². The lowest BCUT2D eigenvalue weighted by molar-refractivity contribution is 0.0523. The van der Waals surface area contributed by atoms with Gasteiger partial charge in [-0.2, -0.15) is 0 Å². The smallest absolute Gasteiger partial charge is 0.343 e. The van der Waals surface area contributed by atoms with Crippen LogP contribution in [0.3, 0.4) is 0 Å². The van der Waals surface area contributed by atoms with Crippen LogP contribution in [-0.4, -0.2) is 17.1 Å². The predicted octanol–water partition coefficient (Wildman–Crippen LogP) is 2.68. The van der Waals surface area contributed by atoms with Crippen molar-refractivity contribution in [3.05, 3.63) is 32.2 Å². The van der Waals surface area contributed by atoms with E-state index in [0.717, 1.165) is 10.2 Å². The van der Waals surface area contributed by atoms with E-state index in [4.69, 9.17) is 4.74 Å². The molecule has 0 unspecified atom stereocenters. The summed E-state index contributed by atoms with van der Waals surface area (Å²) in [4.78, 5) is 23.8. The molecule has 0 saturated carbocycles. The van der Waals surface area contributed by atoms with E-state index in [0.29, 0.717) is 0 Å². The third-order valence-electron chi connectivity index (χ3n) is 2.44. The summed E-state index contributed by atoms with van der Waals surface area (Å²) in [6.45, 7) is 7.60. The third-order valence-corrected chi connectivity index (χ3v) is 3.24. The topological polar surface area (TPSA) is 48.3 Å². The van der Waals surface area contributed by atoms with E-state index in [1.54, 1.807) is 11.5 Å². The van der Waals surface area contributed by atoms with Crippen molar-refractivity contribution in [3.63, 3.8) is 0 Å². The van der Waals surface area contributed by atoms with Crippen molar-refractivity contribution in [2.45, 2.75) is 33.7 Å². The Kier molecular flexibility index (Phi) is 4.51. The number of halogens is 1. The van der Waals surface area contributed by atoms with E-state index in [1.165, 1.54) is 6.07 Å². The van der Waals surface area contributed by atoms with Crippen molar-refractivity contribution in [1.82, 2.24) is 4.57 Å². The zero-order chi connectivity index (χ0) is 13.2. The van der Waals surface area contributed by atoms with Gasteiger partial charge in [0.05, 0.1) is 6.61 Å². The van der Waals surface area contributed by atoms with Crippen LogP contribution in [0, 0.1) is 6.92 Å². The van der Waals surface area contributed by atoms with Crippen molar-refractivity contribution in [3.8, 4) is 0 Å². The number of aromatic nitrogens is 1. The number of ether oxygens (including phenoxy) is 1. The maximum atomic E-state index is 12.1. The first-order valence-corrected chi connectivity index (χ1v) is 6.28. The van der Waals surface area contributed by atoms with Gasteiger partial charge in [0.2, 0.25) is 0 Å². The van der Waals surface area contributed by atoms with Crippen LogP contribution in [-0.2, 0) is 4.74 Å². The number of carbonyl (C=O) groups excluding carboxylic acids is 1. The predicted molar refractivity (Wildman–Crippen MR) is 69.5 cm³/mol.